The van der Waals surface area contributed by atoms with E-state index in [1.165, 1.54) is 10.8 Å². The smallest absolute Gasteiger partial charge is 0.0629 e. The van der Waals surface area contributed by atoms with Crippen molar-refractivity contribution in [3.05, 3.63) is 230 Å². The number of para-hydroxylation sites is 3. The van der Waals surface area contributed by atoms with Gasteiger partial charge in [-0.1, -0.05) is 188 Å². The highest BCUT2D eigenvalue weighted by Crippen LogP contribution is 2.48. The summed E-state index contributed by atoms with van der Waals surface area (Å²) >= 11 is 0. The first-order valence-corrected chi connectivity index (χ1v) is 19.5. The molecule has 1 heterocycles. The summed E-state index contributed by atoms with van der Waals surface area (Å²) in [6.45, 7) is 0. The number of anilines is 3. The maximum atomic E-state index is 8.73. The van der Waals surface area contributed by atoms with Gasteiger partial charge in [0, 0.05) is 33.0 Å². The topological polar surface area (TPSA) is 8.17 Å². The summed E-state index contributed by atoms with van der Waals surface area (Å²) in [6, 6.07) is 68.3. The highest BCUT2D eigenvalue weighted by molar-refractivity contribution is 6.18. The molecule has 0 atom stereocenters. The molecule has 0 N–H and O–H groups in total. The average Bonchev–Trinajstić information content (AvgIpc) is 3.68. The van der Waals surface area contributed by atoms with Crippen LogP contribution in [0.4, 0.5) is 17.1 Å². The first kappa shape index (κ1) is 28.7. The first-order chi connectivity index (χ1) is 30.9. The monoisotopic (exact) mass is 743 g/mol. The number of hydrogen-bond donors (Lipinski definition) is 0. The number of hydrogen-bond acceptors (Lipinski definition) is 1. The molecule has 0 aliphatic carbocycles. The Kier molecular flexibility index (Phi) is 6.98. The van der Waals surface area contributed by atoms with Crippen LogP contribution in [0.3, 0.4) is 0 Å². The second-order valence-corrected chi connectivity index (χ2v) is 14.5. The SMILES string of the molecule is [2H]c1c([2H])c([2H])c(-c2ccc(N(c3ccccc3-c3cccc4ccccc34)c3ccccc3-c3cccc4c3c3ccccc3n4-c3cccc4ccccc34)cc2)c([2H])c1[2H]. The Hall–Kier alpha value is -7.68. The standard InChI is InChI=1S/C56H38N2/c1-2-17-39(18-3-1)40-35-37-43(38-36-40)57(52-30-11-8-25-47(52)46-28-14-21-41-19-4-6-23-44(41)46)53-31-12-9-26-48(53)49-29-16-34-55-56(49)50-27-10-13-32-54(50)58(55)51-33-15-22-42-20-5-7-24-45(42)51/h1-38H/i1D,2D,3D,17D,18D. The van der Waals surface area contributed by atoms with E-state index in [2.05, 4.69) is 185 Å². The number of aromatic nitrogens is 1. The molecule has 0 aliphatic rings. The number of fused-ring (bicyclic) bond motifs is 5. The van der Waals surface area contributed by atoms with Gasteiger partial charge in [-0.05, 0) is 80.9 Å². The van der Waals surface area contributed by atoms with Crippen molar-refractivity contribution >= 4 is 60.4 Å². The minimum atomic E-state index is -0.409. The Morgan fingerprint density at radius 2 is 0.879 bits per heavy atom. The molecule has 58 heavy (non-hydrogen) atoms. The molecule has 272 valence electrons. The average molecular weight is 744 g/mol. The highest BCUT2D eigenvalue weighted by atomic mass is 15.1. The molecule has 0 spiro atoms. The third-order valence-corrected chi connectivity index (χ3v) is 11.3. The van der Waals surface area contributed by atoms with Crippen molar-refractivity contribution in [1.82, 2.24) is 4.57 Å². The molecular formula is C56H38N2. The van der Waals surface area contributed by atoms with E-state index in [0.717, 1.165) is 77.6 Å². The summed E-state index contributed by atoms with van der Waals surface area (Å²) in [5.41, 5.74) is 11.1. The van der Waals surface area contributed by atoms with Crippen LogP contribution in [0.15, 0.2) is 230 Å². The summed E-state index contributed by atoms with van der Waals surface area (Å²) in [4.78, 5) is 2.29. The lowest BCUT2D eigenvalue weighted by atomic mass is 9.94. The van der Waals surface area contributed by atoms with Gasteiger partial charge in [0.25, 0.3) is 0 Å². The predicted molar refractivity (Wildman–Crippen MR) is 247 cm³/mol. The zero-order chi connectivity index (χ0) is 42.8. The Balaban J connectivity index is 1.17. The lowest BCUT2D eigenvalue weighted by Crippen LogP contribution is -2.12. The maximum Gasteiger partial charge on any atom is 0.0629 e. The molecule has 2 nitrogen and oxygen atoms in total. The molecule has 0 aliphatic heterocycles. The Morgan fingerprint density at radius 1 is 0.362 bits per heavy atom. The Morgan fingerprint density at radius 3 is 1.64 bits per heavy atom. The first-order valence-electron chi connectivity index (χ1n) is 22.0. The lowest BCUT2D eigenvalue weighted by molar-refractivity contribution is 1.20. The normalized spacial score (nSPS) is 12.7. The van der Waals surface area contributed by atoms with E-state index in [4.69, 9.17) is 6.85 Å². The van der Waals surface area contributed by atoms with Gasteiger partial charge in [-0.25, -0.2) is 0 Å². The quantitative estimate of drug-likeness (QED) is 0.158. The predicted octanol–water partition coefficient (Wildman–Crippen LogP) is 15.6. The van der Waals surface area contributed by atoms with E-state index >= 15 is 0 Å². The largest absolute Gasteiger partial charge is 0.309 e. The van der Waals surface area contributed by atoms with E-state index in [0.29, 0.717) is 5.56 Å². The minimum absolute atomic E-state index is 0.171. The van der Waals surface area contributed by atoms with Gasteiger partial charge in [0.05, 0.1) is 34.9 Å². The van der Waals surface area contributed by atoms with Gasteiger partial charge in [-0.3, -0.25) is 0 Å². The van der Waals surface area contributed by atoms with Crippen LogP contribution in [0.25, 0.3) is 82.4 Å². The van der Waals surface area contributed by atoms with E-state index in [-0.39, 0.29) is 29.7 Å². The van der Waals surface area contributed by atoms with Gasteiger partial charge in [0.2, 0.25) is 0 Å². The van der Waals surface area contributed by atoms with Crippen LogP contribution in [0.5, 0.6) is 0 Å². The molecule has 2 heteroatoms. The van der Waals surface area contributed by atoms with Crippen LogP contribution in [0.2, 0.25) is 0 Å². The maximum absolute atomic E-state index is 8.73. The fourth-order valence-corrected chi connectivity index (χ4v) is 8.74. The van der Waals surface area contributed by atoms with Crippen LogP contribution in [-0.2, 0) is 0 Å². The van der Waals surface area contributed by atoms with Crippen molar-refractivity contribution in [3.63, 3.8) is 0 Å². The van der Waals surface area contributed by atoms with Crippen LogP contribution >= 0.6 is 0 Å². The molecule has 0 fully saturated rings. The fraction of sp³-hybridized carbons (Fsp3) is 0. The van der Waals surface area contributed by atoms with E-state index in [1.54, 1.807) is 0 Å². The zero-order valence-corrected chi connectivity index (χ0v) is 31.4. The molecule has 10 aromatic carbocycles. The fourth-order valence-electron chi connectivity index (χ4n) is 8.74. The van der Waals surface area contributed by atoms with Crippen LogP contribution < -0.4 is 4.90 Å². The molecule has 0 saturated heterocycles. The van der Waals surface area contributed by atoms with Crippen LogP contribution in [0, 0.1) is 0 Å². The van der Waals surface area contributed by atoms with Crippen molar-refractivity contribution in [1.29, 1.82) is 0 Å². The van der Waals surface area contributed by atoms with Crippen molar-refractivity contribution < 1.29 is 6.85 Å². The van der Waals surface area contributed by atoms with Gasteiger partial charge in [0.1, 0.15) is 0 Å². The van der Waals surface area contributed by atoms with E-state index < -0.39 is 6.04 Å². The zero-order valence-electron chi connectivity index (χ0n) is 36.4. The van der Waals surface area contributed by atoms with Crippen LogP contribution in [0.1, 0.15) is 6.85 Å². The molecular weight excluding hydrogens is 701 g/mol. The summed E-state index contributed by atoms with van der Waals surface area (Å²) in [5, 5.41) is 6.94. The Labute approximate surface area is 345 Å². The van der Waals surface area contributed by atoms with E-state index in [9.17, 15) is 0 Å². The molecule has 0 bridgehead atoms. The third-order valence-electron chi connectivity index (χ3n) is 11.3. The van der Waals surface area contributed by atoms with Crippen molar-refractivity contribution in [2.75, 3.05) is 4.90 Å². The lowest BCUT2D eigenvalue weighted by Gasteiger charge is -2.30. The molecule has 11 aromatic rings. The third kappa shape index (κ3) is 5.57. The minimum Gasteiger partial charge on any atom is -0.309 e. The van der Waals surface area contributed by atoms with Gasteiger partial charge in [-0.2, -0.15) is 0 Å². The molecule has 11 rings (SSSR count). The van der Waals surface area contributed by atoms with Gasteiger partial charge >= 0.3 is 0 Å². The second-order valence-electron chi connectivity index (χ2n) is 14.5. The molecule has 0 saturated carbocycles. The summed E-state index contributed by atoms with van der Waals surface area (Å²) in [6.07, 6.45) is 0. The van der Waals surface area contributed by atoms with Crippen LogP contribution in [-0.4, -0.2) is 4.57 Å². The van der Waals surface area contributed by atoms with Gasteiger partial charge in [-0.15, -0.1) is 0 Å². The summed E-state index contributed by atoms with van der Waals surface area (Å²) < 4.78 is 44.8. The second kappa shape index (κ2) is 14.1. The summed E-state index contributed by atoms with van der Waals surface area (Å²) in [5.74, 6) is 0. The molecule has 1 aromatic heterocycles. The van der Waals surface area contributed by atoms with Crippen molar-refractivity contribution in [2.45, 2.75) is 0 Å². The molecule has 0 unspecified atom stereocenters. The highest BCUT2D eigenvalue weighted by Gasteiger charge is 2.24. The van der Waals surface area contributed by atoms with Crippen molar-refractivity contribution in [2.24, 2.45) is 0 Å². The van der Waals surface area contributed by atoms with Gasteiger partial charge < -0.3 is 9.47 Å². The van der Waals surface area contributed by atoms with Gasteiger partial charge in [0.15, 0.2) is 0 Å². The Bertz CT molecular complexity index is 3550. The molecule has 0 radical (unpaired) electrons. The van der Waals surface area contributed by atoms with E-state index in [1.807, 2.05) is 24.3 Å². The number of nitrogens with zero attached hydrogens (tertiary/aromatic N) is 2. The van der Waals surface area contributed by atoms with Crippen molar-refractivity contribution in [3.8, 4) is 39.1 Å². The molecule has 0 amide bonds. The number of rotatable bonds is 7. The summed E-state index contributed by atoms with van der Waals surface area (Å²) in [7, 11) is 0. The number of benzene rings is 10.